The predicted molar refractivity (Wildman–Crippen MR) is 100 cm³/mol. The predicted octanol–water partition coefficient (Wildman–Crippen LogP) is 6.66. The van der Waals surface area contributed by atoms with Gasteiger partial charge in [-0.1, -0.05) is 64.7 Å². The van der Waals surface area contributed by atoms with Crippen molar-refractivity contribution < 1.29 is 9.53 Å². The summed E-state index contributed by atoms with van der Waals surface area (Å²) in [7, 11) is 1.38. The van der Waals surface area contributed by atoms with Crippen LogP contribution in [0.15, 0.2) is 11.4 Å². The van der Waals surface area contributed by atoms with E-state index in [0.717, 1.165) is 11.3 Å². The number of alkyl halides is 1. The van der Waals surface area contributed by atoms with Gasteiger partial charge in [-0.15, -0.1) is 22.9 Å². The van der Waals surface area contributed by atoms with Gasteiger partial charge >= 0.3 is 5.97 Å². The van der Waals surface area contributed by atoms with E-state index < -0.39 is 5.38 Å². The van der Waals surface area contributed by atoms with Crippen molar-refractivity contribution in [3.63, 3.8) is 0 Å². The van der Waals surface area contributed by atoms with Crippen LogP contribution in [0.25, 0.3) is 0 Å². The topological polar surface area (TPSA) is 26.3 Å². The summed E-state index contributed by atoms with van der Waals surface area (Å²) >= 11 is 7.72. The van der Waals surface area contributed by atoms with Crippen molar-refractivity contribution in [3.05, 3.63) is 21.9 Å². The summed E-state index contributed by atoms with van der Waals surface area (Å²) in [5.74, 6) is -0.363. The lowest BCUT2D eigenvalue weighted by Crippen LogP contribution is -2.08. The highest BCUT2D eigenvalue weighted by Crippen LogP contribution is 2.31. The molecule has 1 rings (SSSR count). The molecule has 0 radical (unpaired) electrons. The van der Waals surface area contributed by atoms with Gasteiger partial charge in [0.15, 0.2) is 5.38 Å². The molecule has 1 unspecified atom stereocenters. The second-order valence-electron chi connectivity index (χ2n) is 6.13. The van der Waals surface area contributed by atoms with Gasteiger partial charge < -0.3 is 4.74 Å². The van der Waals surface area contributed by atoms with E-state index in [2.05, 4.69) is 13.0 Å². The number of hydrogen-bond donors (Lipinski definition) is 0. The van der Waals surface area contributed by atoms with Gasteiger partial charge in [0.25, 0.3) is 0 Å². The van der Waals surface area contributed by atoms with Gasteiger partial charge in [0.2, 0.25) is 0 Å². The first-order valence-corrected chi connectivity index (χ1v) is 10.3. The van der Waals surface area contributed by atoms with Gasteiger partial charge in [0.05, 0.1) is 7.11 Å². The molecule has 4 heteroatoms. The van der Waals surface area contributed by atoms with E-state index in [-0.39, 0.29) is 5.97 Å². The molecule has 0 aliphatic heterocycles. The molecular weight excluding hydrogens is 328 g/mol. The second kappa shape index (κ2) is 12.8. The zero-order valence-electron chi connectivity index (χ0n) is 14.6. The van der Waals surface area contributed by atoms with Crippen LogP contribution in [0.2, 0.25) is 0 Å². The van der Waals surface area contributed by atoms with Crippen LogP contribution in [-0.2, 0) is 16.0 Å². The van der Waals surface area contributed by atoms with Crippen LogP contribution in [0.4, 0.5) is 0 Å². The minimum absolute atomic E-state index is 0.363. The zero-order chi connectivity index (χ0) is 16.9. The third-order valence-corrected chi connectivity index (χ3v) is 5.77. The van der Waals surface area contributed by atoms with Crippen molar-refractivity contribution in [2.45, 2.75) is 82.9 Å². The summed E-state index contributed by atoms with van der Waals surface area (Å²) in [5.41, 5.74) is 1.21. The molecule has 0 bridgehead atoms. The summed E-state index contributed by atoms with van der Waals surface area (Å²) in [6.07, 6.45) is 14.4. The Hall–Kier alpha value is -0.540. The highest BCUT2D eigenvalue weighted by molar-refractivity contribution is 7.10. The Balaban J connectivity index is 2.13. The van der Waals surface area contributed by atoms with Gasteiger partial charge in [-0.05, 0) is 29.9 Å². The summed E-state index contributed by atoms with van der Waals surface area (Å²) < 4.78 is 4.73. The lowest BCUT2D eigenvalue weighted by molar-refractivity contribution is -0.140. The molecule has 2 nitrogen and oxygen atoms in total. The third kappa shape index (κ3) is 8.21. The Bertz CT molecular complexity index is 431. The zero-order valence-corrected chi connectivity index (χ0v) is 16.2. The van der Waals surface area contributed by atoms with Gasteiger partial charge in [0, 0.05) is 4.88 Å². The van der Waals surface area contributed by atoms with E-state index in [4.69, 9.17) is 16.3 Å². The van der Waals surface area contributed by atoms with Gasteiger partial charge in [-0.2, -0.15) is 0 Å². The number of carbonyl (C=O) groups excluding carboxylic acids is 1. The third-order valence-electron chi connectivity index (χ3n) is 4.22. The molecule has 0 fully saturated rings. The van der Waals surface area contributed by atoms with E-state index >= 15 is 0 Å². The van der Waals surface area contributed by atoms with E-state index in [0.29, 0.717) is 0 Å². The van der Waals surface area contributed by atoms with Crippen LogP contribution in [0.3, 0.4) is 0 Å². The van der Waals surface area contributed by atoms with Gasteiger partial charge in [-0.3, -0.25) is 4.79 Å². The molecule has 0 aliphatic carbocycles. The van der Waals surface area contributed by atoms with Crippen molar-refractivity contribution in [2.75, 3.05) is 7.11 Å². The number of ether oxygens (including phenoxy) is 1. The summed E-state index contributed by atoms with van der Waals surface area (Å²) in [6.45, 7) is 2.26. The van der Waals surface area contributed by atoms with E-state index in [1.165, 1.54) is 76.9 Å². The first kappa shape index (κ1) is 20.5. The molecule has 23 heavy (non-hydrogen) atoms. The minimum Gasteiger partial charge on any atom is -0.468 e. The smallest absolute Gasteiger partial charge is 0.329 e. The largest absolute Gasteiger partial charge is 0.468 e. The first-order valence-electron chi connectivity index (χ1n) is 8.98. The number of thiophene rings is 1. The van der Waals surface area contributed by atoms with E-state index in [1.807, 2.05) is 5.38 Å². The number of hydrogen-bond acceptors (Lipinski definition) is 3. The fourth-order valence-electron chi connectivity index (χ4n) is 2.79. The number of esters is 1. The maximum absolute atomic E-state index is 11.6. The van der Waals surface area contributed by atoms with Crippen LogP contribution >= 0.6 is 22.9 Å². The molecule has 0 amide bonds. The fourth-order valence-corrected chi connectivity index (χ4v) is 4.09. The molecule has 0 saturated heterocycles. The van der Waals surface area contributed by atoms with Crippen molar-refractivity contribution in [1.82, 2.24) is 0 Å². The number of unbranched alkanes of at least 4 members (excludes halogenated alkanes) is 9. The normalized spacial score (nSPS) is 12.3. The molecule has 1 heterocycles. The van der Waals surface area contributed by atoms with Crippen molar-refractivity contribution >= 4 is 28.9 Å². The molecular formula is C19H31ClO2S. The van der Waals surface area contributed by atoms with Crippen LogP contribution in [0.1, 0.15) is 86.9 Å². The molecule has 0 saturated carbocycles. The summed E-state index contributed by atoms with van der Waals surface area (Å²) in [6, 6.07) is 2.09. The maximum Gasteiger partial charge on any atom is 0.329 e. The number of halogens is 1. The average molecular weight is 359 g/mol. The fraction of sp³-hybridized carbons (Fsp3) is 0.737. The lowest BCUT2D eigenvalue weighted by Gasteiger charge is -2.08. The Labute approximate surface area is 150 Å². The Morgan fingerprint density at radius 1 is 1.09 bits per heavy atom. The molecule has 0 spiro atoms. The number of carbonyl (C=O) groups is 1. The molecule has 0 aliphatic rings. The molecule has 1 aromatic heterocycles. The molecule has 1 aromatic rings. The van der Waals surface area contributed by atoms with Crippen molar-refractivity contribution in [1.29, 1.82) is 0 Å². The van der Waals surface area contributed by atoms with Crippen molar-refractivity contribution in [3.8, 4) is 0 Å². The van der Waals surface area contributed by atoms with E-state index in [9.17, 15) is 4.79 Å². The standard InChI is InChI=1S/C19H31ClO2S/c1-3-4-5-6-7-8-9-10-11-12-13-16-14-15-23-18(16)17(20)19(21)22-2/h14-15,17H,3-13H2,1-2H3. The quantitative estimate of drug-likeness (QED) is 0.224. The summed E-state index contributed by atoms with van der Waals surface area (Å²) in [4.78, 5) is 12.5. The first-order chi connectivity index (χ1) is 11.2. The second-order valence-corrected chi connectivity index (χ2v) is 7.51. The molecule has 132 valence electrons. The van der Waals surface area contributed by atoms with Crippen LogP contribution in [0.5, 0.6) is 0 Å². The van der Waals surface area contributed by atoms with E-state index in [1.54, 1.807) is 11.3 Å². The average Bonchev–Trinajstić information content (AvgIpc) is 3.03. The monoisotopic (exact) mass is 358 g/mol. The van der Waals surface area contributed by atoms with Crippen LogP contribution in [-0.4, -0.2) is 13.1 Å². The molecule has 0 N–H and O–H groups in total. The Morgan fingerprint density at radius 2 is 1.65 bits per heavy atom. The van der Waals surface area contributed by atoms with Gasteiger partial charge in [-0.25, -0.2) is 0 Å². The maximum atomic E-state index is 11.6. The molecule has 1 atom stereocenters. The van der Waals surface area contributed by atoms with Crippen LogP contribution < -0.4 is 0 Å². The summed E-state index contributed by atoms with van der Waals surface area (Å²) in [5, 5.41) is 1.36. The van der Waals surface area contributed by atoms with Gasteiger partial charge in [0.1, 0.15) is 0 Å². The Kier molecular flexibility index (Phi) is 11.4. The number of rotatable bonds is 13. The lowest BCUT2D eigenvalue weighted by atomic mass is 10.0. The number of methoxy groups -OCH3 is 1. The highest BCUT2D eigenvalue weighted by atomic mass is 35.5. The highest BCUT2D eigenvalue weighted by Gasteiger charge is 2.22. The minimum atomic E-state index is -0.655. The number of aryl methyl sites for hydroxylation is 1. The Morgan fingerprint density at radius 3 is 2.22 bits per heavy atom. The SMILES string of the molecule is CCCCCCCCCCCCc1ccsc1C(Cl)C(=O)OC. The van der Waals surface area contributed by atoms with Crippen LogP contribution in [0, 0.1) is 0 Å². The van der Waals surface area contributed by atoms with Crippen molar-refractivity contribution in [2.24, 2.45) is 0 Å². The molecule has 0 aromatic carbocycles.